The molecule has 0 bridgehead atoms. The first-order chi connectivity index (χ1) is 14.6. The van der Waals surface area contributed by atoms with Crippen molar-refractivity contribution in [2.75, 3.05) is 0 Å². The maximum absolute atomic E-state index is 12.7. The van der Waals surface area contributed by atoms with E-state index in [-0.39, 0.29) is 11.7 Å². The summed E-state index contributed by atoms with van der Waals surface area (Å²) in [5.41, 5.74) is 8.95. The summed E-state index contributed by atoms with van der Waals surface area (Å²) in [6.45, 7) is 1.89. The molecule has 6 heteroatoms. The first kappa shape index (κ1) is 19.4. The lowest BCUT2D eigenvalue weighted by Crippen LogP contribution is -2.38. The van der Waals surface area contributed by atoms with Gasteiger partial charge in [-0.1, -0.05) is 66.7 Å². The summed E-state index contributed by atoms with van der Waals surface area (Å²) in [5, 5.41) is 18.3. The van der Waals surface area contributed by atoms with E-state index in [2.05, 4.69) is 21.1 Å². The Morgan fingerprint density at radius 3 is 2.30 bits per heavy atom. The molecule has 1 heterocycles. The molecule has 1 aliphatic rings. The van der Waals surface area contributed by atoms with E-state index in [1.807, 2.05) is 73.7 Å². The molecule has 30 heavy (non-hydrogen) atoms. The second-order valence-electron chi connectivity index (χ2n) is 7.25. The molecule has 0 unspecified atom stereocenters. The van der Waals surface area contributed by atoms with Gasteiger partial charge in [0.15, 0.2) is 0 Å². The summed E-state index contributed by atoms with van der Waals surface area (Å²) >= 11 is 0. The number of carbonyl (C=O) groups excluding carboxylic acids is 1. The van der Waals surface area contributed by atoms with E-state index in [9.17, 15) is 9.90 Å². The van der Waals surface area contributed by atoms with Crippen LogP contribution in [0.1, 0.15) is 28.7 Å². The average molecular weight is 398 g/mol. The number of nitrogens with one attached hydrogen (secondary N) is 2. The molecule has 0 fully saturated rings. The molecule has 0 spiro atoms. The zero-order valence-corrected chi connectivity index (χ0v) is 16.5. The van der Waals surface area contributed by atoms with Crippen LogP contribution >= 0.6 is 0 Å². The van der Waals surface area contributed by atoms with Crippen molar-refractivity contribution >= 4 is 17.8 Å². The monoisotopic (exact) mass is 398 g/mol. The number of phenols is 1. The fourth-order valence-corrected chi connectivity index (χ4v) is 3.56. The van der Waals surface area contributed by atoms with Crippen LogP contribution in [0.15, 0.2) is 89.1 Å². The van der Waals surface area contributed by atoms with Gasteiger partial charge in [-0.15, -0.1) is 0 Å². The first-order valence-electron chi connectivity index (χ1n) is 9.66. The molecule has 0 saturated carbocycles. The van der Waals surface area contributed by atoms with Crippen LogP contribution in [0, 0.1) is 6.92 Å². The van der Waals surface area contributed by atoms with Gasteiger partial charge in [0.25, 0.3) is 5.91 Å². The Morgan fingerprint density at radius 1 is 1.07 bits per heavy atom. The van der Waals surface area contributed by atoms with E-state index in [1.54, 1.807) is 12.1 Å². The third kappa shape index (κ3) is 3.80. The van der Waals surface area contributed by atoms with Crippen LogP contribution in [-0.2, 0) is 10.3 Å². The molecule has 150 valence electrons. The lowest BCUT2D eigenvalue weighted by Gasteiger charge is -2.30. The number of carbonyl (C=O) groups is 1. The second-order valence-corrected chi connectivity index (χ2v) is 7.25. The van der Waals surface area contributed by atoms with Crippen molar-refractivity contribution in [3.05, 3.63) is 101 Å². The Bertz CT molecular complexity index is 1070. The normalized spacial score (nSPS) is 14.9. The standard InChI is InChI=1S/C24H22N4O2/c1-17-12-13-18(22(29)14-17)16-25-27-23(30)21-15-24(28-26-21,19-8-4-2-5-9-19)20-10-6-3-7-11-20/h2-14,16,28-29H,15H2,1H3,(H,27,30). The van der Waals surface area contributed by atoms with Crippen molar-refractivity contribution in [3.63, 3.8) is 0 Å². The van der Waals surface area contributed by atoms with Gasteiger partial charge in [0.2, 0.25) is 0 Å². The molecule has 3 aromatic rings. The van der Waals surface area contributed by atoms with Gasteiger partial charge in [0.1, 0.15) is 17.0 Å². The number of aryl methyl sites for hydroxylation is 1. The van der Waals surface area contributed by atoms with Crippen LogP contribution in [0.2, 0.25) is 0 Å². The second kappa shape index (κ2) is 8.21. The quantitative estimate of drug-likeness (QED) is 0.455. The predicted octanol–water partition coefficient (Wildman–Crippen LogP) is 3.44. The summed E-state index contributed by atoms with van der Waals surface area (Å²) in [4.78, 5) is 12.7. The van der Waals surface area contributed by atoms with Gasteiger partial charge in [-0.3, -0.25) is 10.2 Å². The SMILES string of the molecule is Cc1ccc(C=NNC(=O)C2=NNC(c3ccccc3)(c3ccccc3)C2)c(O)c1. The van der Waals surface area contributed by atoms with Crippen LogP contribution in [0.3, 0.4) is 0 Å². The van der Waals surface area contributed by atoms with Crippen LogP contribution in [0.25, 0.3) is 0 Å². The summed E-state index contributed by atoms with van der Waals surface area (Å²) in [7, 11) is 0. The van der Waals surface area contributed by atoms with Crippen LogP contribution in [0.5, 0.6) is 5.75 Å². The highest BCUT2D eigenvalue weighted by Gasteiger charge is 2.41. The summed E-state index contributed by atoms with van der Waals surface area (Å²) in [6, 6.07) is 25.1. The zero-order valence-electron chi connectivity index (χ0n) is 16.5. The van der Waals surface area contributed by atoms with Crippen molar-refractivity contribution in [1.82, 2.24) is 10.9 Å². The van der Waals surface area contributed by atoms with Gasteiger partial charge in [-0.05, 0) is 35.7 Å². The van der Waals surface area contributed by atoms with Gasteiger partial charge in [-0.25, -0.2) is 5.43 Å². The van der Waals surface area contributed by atoms with Crippen molar-refractivity contribution in [2.24, 2.45) is 10.2 Å². The Kier molecular flexibility index (Phi) is 5.30. The van der Waals surface area contributed by atoms with Crippen molar-refractivity contribution < 1.29 is 9.90 Å². The summed E-state index contributed by atoms with van der Waals surface area (Å²) in [6.07, 6.45) is 1.80. The Hall–Kier alpha value is -3.93. The highest BCUT2D eigenvalue weighted by atomic mass is 16.3. The van der Waals surface area contributed by atoms with E-state index in [0.29, 0.717) is 17.7 Å². The molecule has 0 radical (unpaired) electrons. The van der Waals surface area contributed by atoms with E-state index < -0.39 is 5.54 Å². The van der Waals surface area contributed by atoms with Crippen LogP contribution in [-0.4, -0.2) is 22.9 Å². The van der Waals surface area contributed by atoms with E-state index >= 15 is 0 Å². The molecular formula is C24H22N4O2. The maximum Gasteiger partial charge on any atom is 0.287 e. The van der Waals surface area contributed by atoms with Crippen LogP contribution < -0.4 is 10.9 Å². The fraction of sp³-hybridized carbons (Fsp3) is 0.125. The smallest absolute Gasteiger partial charge is 0.287 e. The molecule has 0 aliphatic carbocycles. The molecular weight excluding hydrogens is 376 g/mol. The van der Waals surface area contributed by atoms with E-state index in [0.717, 1.165) is 16.7 Å². The molecule has 0 saturated heterocycles. The highest BCUT2D eigenvalue weighted by Crippen LogP contribution is 2.36. The molecule has 0 atom stereocenters. The predicted molar refractivity (Wildman–Crippen MR) is 117 cm³/mol. The van der Waals surface area contributed by atoms with Crippen LogP contribution in [0.4, 0.5) is 0 Å². The zero-order chi connectivity index (χ0) is 21.0. The fourth-order valence-electron chi connectivity index (χ4n) is 3.56. The van der Waals surface area contributed by atoms with Gasteiger partial charge < -0.3 is 5.11 Å². The van der Waals surface area contributed by atoms with E-state index in [4.69, 9.17) is 0 Å². The minimum Gasteiger partial charge on any atom is -0.507 e. The van der Waals surface area contributed by atoms with Crippen molar-refractivity contribution in [3.8, 4) is 5.75 Å². The molecule has 6 nitrogen and oxygen atoms in total. The van der Waals surface area contributed by atoms with Gasteiger partial charge in [0, 0.05) is 12.0 Å². The Balaban J connectivity index is 1.52. The molecule has 0 aromatic heterocycles. The number of amides is 1. The maximum atomic E-state index is 12.7. The number of rotatable bonds is 5. The lowest BCUT2D eigenvalue weighted by atomic mass is 9.80. The number of nitrogens with zero attached hydrogens (tertiary/aromatic N) is 2. The van der Waals surface area contributed by atoms with Gasteiger partial charge >= 0.3 is 0 Å². The van der Waals surface area contributed by atoms with Gasteiger partial charge in [-0.2, -0.15) is 10.2 Å². The average Bonchev–Trinajstić information content (AvgIpc) is 3.23. The molecule has 3 N–H and O–H groups in total. The van der Waals surface area contributed by atoms with E-state index in [1.165, 1.54) is 6.21 Å². The number of phenolic OH excluding ortho intramolecular Hbond substituents is 1. The minimum atomic E-state index is -0.617. The van der Waals surface area contributed by atoms with Crippen molar-refractivity contribution in [1.29, 1.82) is 0 Å². The highest BCUT2D eigenvalue weighted by molar-refractivity contribution is 6.39. The topological polar surface area (TPSA) is 86.1 Å². The number of aromatic hydroxyl groups is 1. The largest absolute Gasteiger partial charge is 0.507 e. The summed E-state index contributed by atoms with van der Waals surface area (Å²) < 4.78 is 0. The third-order valence-corrected chi connectivity index (χ3v) is 5.17. The molecule has 4 rings (SSSR count). The Labute approximate surface area is 175 Å². The lowest BCUT2D eigenvalue weighted by molar-refractivity contribution is -0.114. The number of benzene rings is 3. The number of hydrazone groups is 2. The number of hydrogen-bond donors (Lipinski definition) is 3. The van der Waals surface area contributed by atoms with Gasteiger partial charge in [0.05, 0.1) is 6.21 Å². The summed E-state index contributed by atoms with van der Waals surface area (Å²) in [5.74, 6) is -0.279. The Morgan fingerprint density at radius 2 is 1.70 bits per heavy atom. The first-order valence-corrected chi connectivity index (χ1v) is 9.66. The third-order valence-electron chi connectivity index (χ3n) is 5.17. The number of hydrogen-bond acceptors (Lipinski definition) is 5. The molecule has 1 aliphatic heterocycles. The molecule has 1 amide bonds. The minimum absolute atomic E-state index is 0.111. The molecule has 3 aromatic carbocycles. The van der Waals surface area contributed by atoms with Crippen molar-refractivity contribution in [2.45, 2.75) is 18.9 Å².